The van der Waals surface area contributed by atoms with E-state index in [1.54, 1.807) is 0 Å². The fourth-order valence-corrected chi connectivity index (χ4v) is 2.78. The Morgan fingerprint density at radius 3 is 2.39 bits per heavy atom. The van der Waals surface area contributed by atoms with Gasteiger partial charge in [-0.3, -0.25) is 0 Å². The molecule has 0 aliphatic carbocycles. The van der Waals surface area contributed by atoms with Gasteiger partial charge in [0, 0.05) is 0 Å². The summed E-state index contributed by atoms with van der Waals surface area (Å²) in [5, 5.41) is 0. The maximum atomic E-state index is 5.79. The topological polar surface area (TPSA) is 18.5 Å². The normalized spacial score (nSPS) is 22.0. The van der Waals surface area contributed by atoms with Crippen LogP contribution in [-0.2, 0) is 9.47 Å². The maximum absolute atomic E-state index is 5.79. The van der Waals surface area contributed by atoms with E-state index in [4.69, 9.17) is 9.47 Å². The molecule has 0 saturated carbocycles. The van der Waals surface area contributed by atoms with Crippen molar-refractivity contribution in [2.24, 2.45) is 5.92 Å². The zero-order chi connectivity index (χ0) is 13.1. The zero-order valence-corrected chi connectivity index (χ0v) is 12.5. The summed E-state index contributed by atoms with van der Waals surface area (Å²) in [7, 11) is 0. The van der Waals surface area contributed by atoms with Gasteiger partial charge >= 0.3 is 0 Å². The van der Waals surface area contributed by atoms with Gasteiger partial charge in [-0.1, -0.05) is 65.2 Å². The molecule has 1 fully saturated rings. The van der Waals surface area contributed by atoms with Crippen LogP contribution in [0.5, 0.6) is 0 Å². The highest BCUT2D eigenvalue weighted by Crippen LogP contribution is 2.24. The Kier molecular flexibility index (Phi) is 9.59. The fourth-order valence-electron chi connectivity index (χ4n) is 2.78. The van der Waals surface area contributed by atoms with Crippen molar-refractivity contribution in [1.82, 2.24) is 0 Å². The molecule has 0 N–H and O–H groups in total. The molecule has 0 bridgehead atoms. The van der Waals surface area contributed by atoms with Gasteiger partial charge in [0.2, 0.25) is 0 Å². The summed E-state index contributed by atoms with van der Waals surface area (Å²) in [6.07, 6.45) is 12.6. The molecule has 1 aliphatic rings. The van der Waals surface area contributed by atoms with Gasteiger partial charge in [-0.25, -0.2) is 0 Å². The molecule has 0 radical (unpaired) electrons. The minimum atomic E-state index is 0.367. The third-order valence-electron chi connectivity index (χ3n) is 3.91. The number of rotatable bonds is 10. The van der Waals surface area contributed by atoms with Gasteiger partial charge in [0.05, 0.1) is 25.9 Å². The Bertz CT molecular complexity index is 176. The van der Waals surface area contributed by atoms with E-state index in [1.807, 2.05) is 0 Å². The quantitative estimate of drug-likeness (QED) is 0.533. The average molecular weight is 256 g/mol. The van der Waals surface area contributed by atoms with Crippen LogP contribution < -0.4 is 0 Å². The number of hydrogen-bond donors (Lipinski definition) is 0. The Morgan fingerprint density at radius 2 is 1.72 bits per heavy atom. The Balaban J connectivity index is 2.20. The molecule has 2 nitrogen and oxygen atoms in total. The molecule has 108 valence electrons. The number of unbranched alkanes of at least 4 members (excludes halogenated alkanes) is 4. The third kappa shape index (κ3) is 7.38. The molecule has 0 aromatic heterocycles. The molecule has 0 aromatic carbocycles. The lowest BCUT2D eigenvalue weighted by atomic mass is 9.90. The van der Waals surface area contributed by atoms with Crippen LogP contribution in [0.2, 0.25) is 0 Å². The summed E-state index contributed by atoms with van der Waals surface area (Å²) in [6, 6.07) is 0. The molecule has 0 amide bonds. The molecule has 1 heterocycles. The Hall–Kier alpha value is -0.0800. The first-order chi connectivity index (χ1) is 8.86. The lowest BCUT2D eigenvalue weighted by Gasteiger charge is -2.27. The molecule has 1 rings (SSSR count). The van der Waals surface area contributed by atoms with Crippen LogP contribution in [0.1, 0.15) is 71.6 Å². The van der Waals surface area contributed by atoms with Crippen molar-refractivity contribution < 1.29 is 9.47 Å². The highest BCUT2D eigenvalue weighted by Gasteiger charge is 2.19. The van der Waals surface area contributed by atoms with Crippen LogP contribution in [0.25, 0.3) is 0 Å². The third-order valence-corrected chi connectivity index (χ3v) is 3.91. The van der Waals surface area contributed by atoms with Crippen LogP contribution >= 0.6 is 0 Å². The minimum Gasteiger partial charge on any atom is -0.376 e. The highest BCUT2D eigenvalue weighted by atomic mass is 16.6. The summed E-state index contributed by atoms with van der Waals surface area (Å²) in [5.74, 6) is 0.855. The highest BCUT2D eigenvalue weighted by molar-refractivity contribution is 4.69. The van der Waals surface area contributed by atoms with Gasteiger partial charge in [-0.15, -0.1) is 0 Å². The van der Waals surface area contributed by atoms with Crippen molar-refractivity contribution in [2.75, 3.05) is 19.8 Å². The zero-order valence-electron chi connectivity index (χ0n) is 12.5. The molecule has 0 aromatic rings. The van der Waals surface area contributed by atoms with Gasteiger partial charge in [-0.05, 0) is 12.3 Å². The second-order valence-electron chi connectivity index (χ2n) is 5.66. The summed E-state index contributed by atoms with van der Waals surface area (Å²) < 4.78 is 11.3. The standard InChI is InChI=1S/C16H32O2/c1-3-5-7-8-10-15(9-6-4-2)13-16-14-17-11-12-18-16/h15-16H,3-14H2,1-2H3. The van der Waals surface area contributed by atoms with E-state index < -0.39 is 0 Å². The van der Waals surface area contributed by atoms with E-state index in [1.165, 1.54) is 57.8 Å². The molecule has 0 spiro atoms. The minimum absolute atomic E-state index is 0.367. The first-order valence-electron chi connectivity index (χ1n) is 8.06. The molecular weight excluding hydrogens is 224 g/mol. The largest absolute Gasteiger partial charge is 0.376 e. The van der Waals surface area contributed by atoms with Gasteiger partial charge < -0.3 is 9.47 Å². The lowest BCUT2D eigenvalue weighted by molar-refractivity contribution is -0.0964. The summed E-state index contributed by atoms with van der Waals surface area (Å²) >= 11 is 0. The summed E-state index contributed by atoms with van der Waals surface area (Å²) in [5.41, 5.74) is 0. The van der Waals surface area contributed by atoms with Crippen LogP contribution in [0.3, 0.4) is 0 Å². The molecule has 2 unspecified atom stereocenters. The number of hydrogen-bond acceptors (Lipinski definition) is 2. The van der Waals surface area contributed by atoms with E-state index in [-0.39, 0.29) is 0 Å². The van der Waals surface area contributed by atoms with Crippen molar-refractivity contribution in [2.45, 2.75) is 77.7 Å². The molecule has 2 atom stereocenters. The van der Waals surface area contributed by atoms with E-state index in [0.717, 1.165) is 25.7 Å². The van der Waals surface area contributed by atoms with E-state index >= 15 is 0 Å². The molecular formula is C16H32O2. The van der Waals surface area contributed by atoms with Crippen molar-refractivity contribution in [3.8, 4) is 0 Å². The Morgan fingerprint density at radius 1 is 0.944 bits per heavy atom. The molecule has 1 aliphatic heterocycles. The lowest BCUT2D eigenvalue weighted by Crippen LogP contribution is -2.30. The second kappa shape index (κ2) is 10.8. The van der Waals surface area contributed by atoms with Gasteiger partial charge in [0.1, 0.15) is 0 Å². The van der Waals surface area contributed by atoms with Crippen LogP contribution in [-0.4, -0.2) is 25.9 Å². The van der Waals surface area contributed by atoms with Crippen LogP contribution in [0.15, 0.2) is 0 Å². The fraction of sp³-hybridized carbons (Fsp3) is 1.00. The maximum Gasteiger partial charge on any atom is 0.0812 e. The molecule has 18 heavy (non-hydrogen) atoms. The van der Waals surface area contributed by atoms with Crippen molar-refractivity contribution in [1.29, 1.82) is 0 Å². The van der Waals surface area contributed by atoms with Crippen molar-refractivity contribution in [3.05, 3.63) is 0 Å². The molecule has 1 saturated heterocycles. The summed E-state index contributed by atoms with van der Waals surface area (Å²) in [4.78, 5) is 0. The first-order valence-corrected chi connectivity index (χ1v) is 8.06. The Labute approximate surface area is 113 Å². The van der Waals surface area contributed by atoms with Gasteiger partial charge in [0.15, 0.2) is 0 Å². The van der Waals surface area contributed by atoms with Gasteiger partial charge in [0.25, 0.3) is 0 Å². The van der Waals surface area contributed by atoms with Crippen LogP contribution in [0, 0.1) is 5.92 Å². The van der Waals surface area contributed by atoms with Crippen molar-refractivity contribution >= 4 is 0 Å². The van der Waals surface area contributed by atoms with Crippen LogP contribution in [0.4, 0.5) is 0 Å². The SMILES string of the molecule is CCCCCCC(CCCC)CC1COCCO1. The first kappa shape index (κ1) is 16.0. The molecule has 2 heteroatoms. The summed E-state index contributed by atoms with van der Waals surface area (Å²) in [6.45, 7) is 6.96. The van der Waals surface area contributed by atoms with Gasteiger partial charge in [-0.2, -0.15) is 0 Å². The van der Waals surface area contributed by atoms with E-state index in [9.17, 15) is 0 Å². The number of ether oxygens (including phenoxy) is 2. The smallest absolute Gasteiger partial charge is 0.0812 e. The average Bonchev–Trinajstić information content (AvgIpc) is 2.41. The predicted molar refractivity (Wildman–Crippen MR) is 77.0 cm³/mol. The monoisotopic (exact) mass is 256 g/mol. The van der Waals surface area contributed by atoms with E-state index in [2.05, 4.69) is 13.8 Å². The second-order valence-corrected chi connectivity index (χ2v) is 5.66. The predicted octanol–water partition coefficient (Wildman–Crippen LogP) is 4.57. The van der Waals surface area contributed by atoms with E-state index in [0.29, 0.717) is 6.10 Å². The van der Waals surface area contributed by atoms with Crippen molar-refractivity contribution in [3.63, 3.8) is 0 Å².